The van der Waals surface area contributed by atoms with Gasteiger partial charge in [0.1, 0.15) is 122 Å². The summed E-state index contributed by atoms with van der Waals surface area (Å²) in [7, 11) is 0. The number of carbonyl (C=O) groups is 1. The van der Waals surface area contributed by atoms with Crippen molar-refractivity contribution >= 4 is 5.91 Å². The number of hydrogen-bond acceptors (Lipinski definition) is 26. The lowest BCUT2D eigenvalue weighted by atomic mass is 9.95. The molecule has 5 fully saturated rings. The van der Waals surface area contributed by atoms with E-state index in [1.807, 2.05) is 0 Å². The fourth-order valence-electron chi connectivity index (χ4n) is 7.39. The van der Waals surface area contributed by atoms with Gasteiger partial charge in [0.25, 0.3) is 0 Å². The molecule has 17 N–H and O–H groups in total. The van der Waals surface area contributed by atoms with Crippen LogP contribution in [0.5, 0.6) is 0 Å². The number of carbonyl (C=O) groups excluding carboxylic acids is 1. The molecule has 0 spiro atoms. The summed E-state index contributed by atoms with van der Waals surface area (Å²) < 4.78 is 50.6. The minimum Gasteiger partial charge on any atom is -0.394 e. The van der Waals surface area contributed by atoms with Crippen LogP contribution < -0.4 is 5.32 Å². The van der Waals surface area contributed by atoms with Gasteiger partial charge >= 0.3 is 0 Å². The predicted molar refractivity (Wildman–Crippen MR) is 178 cm³/mol. The second-order valence-corrected chi connectivity index (χ2v) is 14.7. The van der Waals surface area contributed by atoms with Crippen LogP contribution in [0.2, 0.25) is 0 Å². The summed E-state index contributed by atoms with van der Waals surface area (Å²) in [4.78, 5) is 11.7. The van der Waals surface area contributed by atoms with Gasteiger partial charge in [-0.3, -0.25) is 4.79 Å². The summed E-state index contributed by atoms with van der Waals surface area (Å²) in [5.74, 6) is -0.704. The Morgan fingerprint density at radius 2 is 0.780 bits per heavy atom. The quantitative estimate of drug-likeness (QED) is 0.0770. The maximum absolute atomic E-state index is 11.7. The fourth-order valence-corrected chi connectivity index (χ4v) is 7.39. The standard InChI is InChI=1S/C32H55NO26/c1-7(39)33-13-18(44)24(12(6-38)51-28(13)50)56-30-23(49)25(17(43)11(5-37)53-30)57-31-27(21(47)16(42)9(3-35)54-31)59-32-26(20(46)15(41)10(4-36)55-32)58-29-22(48)19(45)14(40)8(2-34)52-29/h8-32,34-38,40-50H,2-6H2,1H3,(H,33,39)/t8-,9-,10-,11-,12-,13-,14-,15-,16-,17-,18-,19+,20+,21+,22+,23+,24-,25+,26+,27+,28-,29-,30+,31-,32-/m1/s1. The number of aliphatic hydroxyl groups excluding tert-OH is 16. The highest BCUT2D eigenvalue weighted by atomic mass is 16.8. The Morgan fingerprint density at radius 1 is 0.407 bits per heavy atom. The van der Waals surface area contributed by atoms with Gasteiger partial charge in [-0.15, -0.1) is 0 Å². The molecule has 1 amide bonds. The number of hydrogen-bond donors (Lipinski definition) is 17. The van der Waals surface area contributed by atoms with Crippen molar-refractivity contribution in [2.24, 2.45) is 0 Å². The second-order valence-electron chi connectivity index (χ2n) is 14.7. The Kier molecular flexibility index (Phi) is 17.1. The first-order valence-electron chi connectivity index (χ1n) is 18.6. The van der Waals surface area contributed by atoms with Crippen LogP contribution in [0.25, 0.3) is 0 Å². The minimum atomic E-state index is -2.16. The average molecular weight is 870 g/mol. The molecule has 5 aliphatic heterocycles. The maximum Gasteiger partial charge on any atom is 0.217 e. The zero-order chi connectivity index (χ0) is 43.6. The van der Waals surface area contributed by atoms with Crippen LogP contribution in [0.4, 0.5) is 0 Å². The van der Waals surface area contributed by atoms with Crippen molar-refractivity contribution in [3.63, 3.8) is 0 Å². The van der Waals surface area contributed by atoms with E-state index >= 15 is 0 Å². The Labute approximate surface area is 333 Å². The van der Waals surface area contributed by atoms with Gasteiger partial charge in [0, 0.05) is 6.92 Å². The van der Waals surface area contributed by atoms with Crippen molar-refractivity contribution in [1.29, 1.82) is 0 Å². The summed E-state index contributed by atoms with van der Waals surface area (Å²) in [6, 6.07) is -1.52. The van der Waals surface area contributed by atoms with Crippen molar-refractivity contribution in [3.05, 3.63) is 0 Å². The summed E-state index contributed by atoms with van der Waals surface area (Å²) in [5.41, 5.74) is 0. The van der Waals surface area contributed by atoms with Crippen LogP contribution in [-0.2, 0) is 47.4 Å². The van der Waals surface area contributed by atoms with Gasteiger partial charge in [-0.1, -0.05) is 0 Å². The minimum absolute atomic E-state index is 0.704. The largest absolute Gasteiger partial charge is 0.394 e. The highest BCUT2D eigenvalue weighted by Crippen LogP contribution is 2.36. The van der Waals surface area contributed by atoms with E-state index in [0.29, 0.717) is 0 Å². The Bertz CT molecular complexity index is 1320. The third-order valence-corrected chi connectivity index (χ3v) is 10.7. The highest BCUT2D eigenvalue weighted by molar-refractivity contribution is 5.73. The summed E-state index contributed by atoms with van der Waals surface area (Å²) in [6.45, 7) is -3.61. The van der Waals surface area contributed by atoms with Crippen LogP contribution in [0.1, 0.15) is 6.92 Å². The molecule has 344 valence electrons. The molecule has 5 rings (SSSR count). The molecular formula is C32H55NO26. The number of amides is 1. The lowest BCUT2D eigenvalue weighted by molar-refractivity contribution is -0.406. The lowest BCUT2D eigenvalue weighted by Crippen LogP contribution is -2.69. The van der Waals surface area contributed by atoms with Crippen LogP contribution >= 0.6 is 0 Å². The number of rotatable bonds is 14. The number of nitrogens with one attached hydrogen (secondary N) is 1. The molecule has 5 saturated heterocycles. The summed E-state index contributed by atoms with van der Waals surface area (Å²) >= 11 is 0. The highest BCUT2D eigenvalue weighted by Gasteiger charge is 2.57. The molecule has 0 saturated carbocycles. The van der Waals surface area contributed by atoms with Gasteiger partial charge in [0.2, 0.25) is 5.91 Å². The smallest absolute Gasteiger partial charge is 0.217 e. The molecule has 0 aromatic carbocycles. The zero-order valence-electron chi connectivity index (χ0n) is 31.2. The Balaban J connectivity index is 1.42. The van der Waals surface area contributed by atoms with Crippen molar-refractivity contribution in [3.8, 4) is 0 Å². The van der Waals surface area contributed by atoms with Crippen LogP contribution in [0.3, 0.4) is 0 Å². The van der Waals surface area contributed by atoms with E-state index in [9.17, 15) is 86.5 Å². The first-order valence-corrected chi connectivity index (χ1v) is 18.6. The lowest BCUT2D eigenvalue weighted by Gasteiger charge is -2.50. The molecule has 25 atom stereocenters. The fraction of sp³-hybridized carbons (Fsp3) is 0.969. The van der Waals surface area contributed by atoms with Gasteiger partial charge in [-0.2, -0.15) is 0 Å². The van der Waals surface area contributed by atoms with E-state index < -0.39 is 192 Å². The van der Waals surface area contributed by atoms with E-state index in [-0.39, 0.29) is 0 Å². The third-order valence-electron chi connectivity index (χ3n) is 10.7. The second kappa shape index (κ2) is 20.8. The van der Waals surface area contributed by atoms with E-state index in [4.69, 9.17) is 42.6 Å². The summed E-state index contributed by atoms with van der Waals surface area (Å²) in [5, 5.41) is 171. The number of ether oxygens (including phenoxy) is 9. The van der Waals surface area contributed by atoms with E-state index in [2.05, 4.69) is 5.32 Å². The molecule has 0 aromatic heterocycles. The van der Waals surface area contributed by atoms with Crippen LogP contribution in [0, 0.1) is 0 Å². The van der Waals surface area contributed by atoms with Crippen molar-refractivity contribution in [2.75, 3.05) is 33.0 Å². The van der Waals surface area contributed by atoms with Crippen molar-refractivity contribution < 1.29 is 129 Å². The first kappa shape index (κ1) is 48.5. The average Bonchev–Trinajstić information content (AvgIpc) is 3.21. The SMILES string of the molecule is CC(=O)N[C@@H]1[C@@H](O)[C@H](O[C@@H]2O[C@H](CO)[C@@H](O)[C@H](O[C@H]3O[C@H](CO)[C@@H](O)[C@H](O)[C@@H]3O[C@H]3O[C@H](CO)[C@@H](O)[C@H](O)[C@@H]3O[C@H]3O[C@H](CO)[C@@H](O)[C@H](O)[C@@H]3O)[C@@H]2O)[C@@H](CO)O[C@H]1O. The molecule has 27 heteroatoms. The van der Waals surface area contributed by atoms with Crippen molar-refractivity contribution in [2.45, 2.75) is 160 Å². The molecular weight excluding hydrogens is 814 g/mol. The predicted octanol–water partition coefficient (Wildman–Crippen LogP) is -11.8. The summed E-state index contributed by atoms with van der Waals surface area (Å²) in [6.07, 6.45) is -45.7. The first-order chi connectivity index (χ1) is 27.9. The van der Waals surface area contributed by atoms with E-state index in [0.717, 1.165) is 6.92 Å². The molecule has 0 bridgehead atoms. The van der Waals surface area contributed by atoms with Crippen LogP contribution in [0.15, 0.2) is 0 Å². The monoisotopic (exact) mass is 869 g/mol. The van der Waals surface area contributed by atoms with Gasteiger partial charge in [-0.25, -0.2) is 0 Å². The normalized spacial score (nSPS) is 51.0. The molecule has 0 aromatic rings. The van der Waals surface area contributed by atoms with Crippen LogP contribution in [-0.4, -0.2) is 274 Å². The topological polar surface area (TPSA) is 436 Å². The van der Waals surface area contributed by atoms with Crippen molar-refractivity contribution in [1.82, 2.24) is 5.32 Å². The molecule has 27 nitrogen and oxygen atoms in total. The maximum atomic E-state index is 11.7. The Hall–Kier alpha value is -1.53. The molecule has 5 heterocycles. The van der Waals surface area contributed by atoms with E-state index in [1.165, 1.54) is 0 Å². The molecule has 59 heavy (non-hydrogen) atoms. The van der Waals surface area contributed by atoms with Gasteiger partial charge in [0.15, 0.2) is 31.5 Å². The molecule has 0 aliphatic carbocycles. The van der Waals surface area contributed by atoms with Gasteiger partial charge in [0.05, 0.1) is 33.0 Å². The molecule has 0 radical (unpaired) electrons. The third kappa shape index (κ3) is 10.2. The van der Waals surface area contributed by atoms with Gasteiger partial charge < -0.3 is 130 Å². The zero-order valence-corrected chi connectivity index (χ0v) is 31.2. The Morgan fingerprint density at radius 3 is 1.24 bits per heavy atom. The molecule has 0 unspecified atom stereocenters. The molecule has 5 aliphatic rings. The number of aliphatic hydroxyl groups is 16. The van der Waals surface area contributed by atoms with E-state index in [1.54, 1.807) is 0 Å². The van der Waals surface area contributed by atoms with Gasteiger partial charge in [-0.05, 0) is 0 Å².